The Morgan fingerprint density at radius 1 is 1.00 bits per heavy atom. The molecule has 0 aliphatic heterocycles. The molecule has 0 aliphatic rings. The van der Waals surface area contributed by atoms with Crippen LogP contribution in [0.4, 0.5) is 0 Å². The third-order valence-electron chi connectivity index (χ3n) is 1.68. The van der Waals surface area contributed by atoms with Crippen molar-refractivity contribution in [1.29, 1.82) is 0 Å². The van der Waals surface area contributed by atoms with Gasteiger partial charge in [-0.2, -0.15) is 0 Å². The normalized spacial score (nSPS) is 10.3. The van der Waals surface area contributed by atoms with E-state index in [0.29, 0.717) is 6.42 Å². The number of hydrogen-bond donors (Lipinski definition) is 3. The molecule has 0 amide bonds. The van der Waals surface area contributed by atoms with Gasteiger partial charge in [-0.3, -0.25) is 4.79 Å². The van der Waals surface area contributed by atoms with Gasteiger partial charge >= 0.3 is 0 Å². The Balaban J connectivity index is 2.87. The summed E-state index contributed by atoms with van der Waals surface area (Å²) in [6, 6.07) is 0. The minimum atomic E-state index is 0.246. The average molecular weight is 187 g/mol. The van der Waals surface area contributed by atoms with Gasteiger partial charge in [-0.05, 0) is 14.0 Å². The molecule has 0 bridgehead atoms. The maximum atomic E-state index is 10.6. The molecule has 0 atom stereocenters. The Labute approximate surface area is 80.5 Å². The minimum absolute atomic E-state index is 0.246. The summed E-state index contributed by atoms with van der Waals surface area (Å²) in [6.07, 6.45) is 0.635. The molecular weight excluding hydrogens is 166 g/mol. The molecule has 3 N–H and O–H groups in total. The van der Waals surface area contributed by atoms with Crippen LogP contribution in [0, 0.1) is 0 Å². The molecule has 0 saturated carbocycles. The third-order valence-corrected chi connectivity index (χ3v) is 1.68. The van der Waals surface area contributed by atoms with Gasteiger partial charge in [0.1, 0.15) is 5.78 Å². The van der Waals surface area contributed by atoms with Crippen LogP contribution in [0.3, 0.4) is 0 Å². The summed E-state index contributed by atoms with van der Waals surface area (Å²) in [5.74, 6) is 0.246. The summed E-state index contributed by atoms with van der Waals surface area (Å²) in [4.78, 5) is 10.6. The number of nitrogens with one attached hydrogen (secondary N) is 3. The fraction of sp³-hybridized carbons (Fsp3) is 0.889. The van der Waals surface area contributed by atoms with Crippen LogP contribution >= 0.6 is 0 Å². The van der Waals surface area contributed by atoms with Crippen molar-refractivity contribution < 1.29 is 4.79 Å². The van der Waals surface area contributed by atoms with Crippen molar-refractivity contribution in [1.82, 2.24) is 16.0 Å². The third kappa shape index (κ3) is 11.5. The van der Waals surface area contributed by atoms with Gasteiger partial charge in [0.25, 0.3) is 0 Å². The molecular formula is C9H21N3O. The van der Waals surface area contributed by atoms with E-state index in [4.69, 9.17) is 0 Å². The van der Waals surface area contributed by atoms with E-state index < -0.39 is 0 Å². The van der Waals surface area contributed by atoms with E-state index in [-0.39, 0.29) is 5.78 Å². The molecule has 0 heterocycles. The molecule has 4 nitrogen and oxygen atoms in total. The van der Waals surface area contributed by atoms with Crippen LogP contribution in [0.1, 0.15) is 13.3 Å². The number of Topliss-reactive ketones (excluding diaryl/α,β-unsaturated/α-hetero) is 1. The molecule has 78 valence electrons. The van der Waals surface area contributed by atoms with Crippen molar-refractivity contribution in [3.63, 3.8) is 0 Å². The first-order valence-electron chi connectivity index (χ1n) is 4.83. The fourth-order valence-corrected chi connectivity index (χ4v) is 0.905. The molecule has 0 spiro atoms. The zero-order chi connectivity index (χ0) is 9.94. The second kappa shape index (κ2) is 9.64. The highest BCUT2D eigenvalue weighted by atomic mass is 16.1. The van der Waals surface area contributed by atoms with E-state index in [1.165, 1.54) is 0 Å². The van der Waals surface area contributed by atoms with Gasteiger partial charge in [0, 0.05) is 39.1 Å². The number of hydrogen-bond acceptors (Lipinski definition) is 4. The molecule has 0 aromatic rings. The van der Waals surface area contributed by atoms with Crippen molar-refractivity contribution in [3.05, 3.63) is 0 Å². The van der Waals surface area contributed by atoms with E-state index in [1.807, 2.05) is 7.05 Å². The van der Waals surface area contributed by atoms with Gasteiger partial charge < -0.3 is 16.0 Å². The standard InChI is InChI=1S/C9H21N3O/c1-9(13)3-4-11-7-8-12-6-5-10-2/h10-12H,3-8H2,1-2H3. The maximum absolute atomic E-state index is 10.6. The Morgan fingerprint density at radius 2 is 1.54 bits per heavy atom. The zero-order valence-corrected chi connectivity index (χ0v) is 8.65. The van der Waals surface area contributed by atoms with Gasteiger partial charge in [-0.1, -0.05) is 0 Å². The SMILES string of the molecule is CNCCNCCNCCC(C)=O. The predicted molar refractivity (Wildman–Crippen MR) is 55.0 cm³/mol. The highest BCUT2D eigenvalue weighted by molar-refractivity contribution is 5.75. The number of ketones is 1. The summed E-state index contributed by atoms with van der Waals surface area (Å²) in [6.45, 7) is 6.28. The monoisotopic (exact) mass is 187 g/mol. The highest BCUT2D eigenvalue weighted by Crippen LogP contribution is 1.76. The average Bonchev–Trinajstić information content (AvgIpc) is 2.09. The number of carbonyl (C=O) groups excluding carboxylic acids is 1. The lowest BCUT2D eigenvalue weighted by Gasteiger charge is -2.05. The van der Waals surface area contributed by atoms with E-state index >= 15 is 0 Å². The Bertz CT molecular complexity index is 128. The predicted octanol–water partition coefficient (Wildman–Crippen LogP) is -0.636. The van der Waals surface area contributed by atoms with Crippen molar-refractivity contribution in [2.75, 3.05) is 39.8 Å². The summed E-state index contributed by atoms with van der Waals surface area (Å²) in [5.41, 5.74) is 0. The Kier molecular flexibility index (Phi) is 9.30. The quantitative estimate of drug-likeness (QED) is 0.420. The number of rotatable bonds is 9. The van der Waals surface area contributed by atoms with Gasteiger partial charge in [0.2, 0.25) is 0 Å². The van der Waals surface area contributed by atoms with Crippen LogP contribution in [0.15, 0.2) is 0 Å². The first-order chi connectivity index (χ1) is 6.27. The number of carbonyl (C=O) groups is 1. The lowest BCUT2D eigenvalue weighted by atomic mass is 10.3. The van der Waals surface area contributed by atoms with Crippen LogP contribution in [-0.2, 0) is 4.79 Å². The van der Waals surface area contributed by atoms with Gasteiger partial charge in [0.15, 0.2) is 0 Å². The molecule has 0 fully saturated rings. The van der Waals surface area contributed by atoms with Crippen LogP contribution < -0.4 is 16.0 Å². The van der Waals surface area contributed by atoms with Crippen molar-refractivity contribution in [2.24, 2.45) is 0 Å². The minimum Gasteiger partial charge on any atom is -0.318 e. The van der Waals surface area contributed by atoms with E-state index in [1.54, 1.807) is 6.92 Å². The lowest BCUT2D eigenvalue weighted by molar-refractivity contribution is -0.116. The largest absolute Gasteiger partial charge is 0.318 e. The van der Waals surface area contributed by atoms with Crippen LogP contribution in [0.2, 0.25) is 0 Å². The summed E-state index contributed by atoms with van der Waals surface area (Å²) in [5, 5.41) is 9.51. The fourth-order valence-electron chi connectivity index (χ4n) is 0.905. The van der Waals surface area contributed by atoms with E-state index in [9.17, 15) is 4.79 Å². The Hall–Kier alpha value is -0.450. The van der Waals surface area contributed by atoms with Crippen molar-refractivity contribution >= 4 is 5.78 Å². The first-order valence-corrected chi connectivity index (χ1v) is 4.83. The van der Waals surface area contributed by atoms with Crippen molar-refractivity contribution in [3.8, 4) is 0 Å². The van der Waals surface area contributed by atoms with E-state index in [0.717, 1.165) is 32.7 Å². The summed E-state index contributed by atoms with van der Waals surface area (Å²) < 4.78 is 0. The smallest absolute Gasteiger partial charge is 0.131 e. The molecule has 4 heteroatoms. The maximum Gasteiger partial charge on any atom is 0.131 e. The molecule has 0 unspecified atom stereocenters. The second-order valence-electron chi connectivity index (χ2n) is 3.06. The molecule has 0 saturated heterocycles. The lowest BCUT2D eigenvalue weighted by Crippen LogP contribution is -2.32. The van der Waals surface area contributed by atoms with Crippen LogP contribution in [-0.4, -0.2) is 45.6 Å². The van der Waals surface area contributed by atoms with Crippen LogP contribution in [0.5, 0.6) is 0 Å². The second-order valence-corrected chi connectivity index (χ2v) is 3.06. The van der Waals surface area contributed by atoms with Gasteiger partial charge in [-0.15, -0.1) is 0 Å². The Morgan fingerprint density at radius 3 is 2.08 bits per heavy atom. The zero-order valence-electron chi connectivity index (χ0n) is 8.65. The highest BCUT2D eigenvalue weighted by Gasteiger charge is 1.91. The first kappa shape index (κ1) is 12.6. The molecule has 0 aromatic carbocycles. The molecule has 0 rings (SSSR count). The number of likely N-dealkylation sites (N-methyl/N-ethyl adjacent to an activating group) is 1. The summed E-state index contributed by atoms with van der Waals surface area (Å²) >= 11 is 0. The van der Waals surface area contributed by atoms with Crippen LogP contribution in [0.25, 0.3) is 0 Å². The molecule has 0 radical (unpaired) electrons. The van der Waals surface area contributed by atoms with Crippen molar-refractivity contribution in [2.45, 2.75) is 13.3 Å². The molecule has 0 aromatic heterocycles. The van der Waals surface area contributed by atoms with Gasteiger partial charge in [0.05, 0.1) is 0 Å². The van der Waals surface area contributed by atoms with E-state index in [2.05, 4.69) is 16.0 Å². The summed E-state index contributed by atoms with van der Waals surface area (Å²) in [7, 11) is 1.94. The molecule has 13 heavy (non-hydrogen) atoms. The topological polar surface area (TPSA) is 53.2 Å². The van der Waals surface area contributed by atoms with Gasteiger partial charge in [-0.25, -0.2) is 0 Å². The molecule has 0 aliphatic carbocycles.